The van der Waals surface area contributed by atoms with Crippen LogP contribution >= 0.6 is 11.5 Å². The van der Waals surface area contributed by atoms with E-state index in [-0.39, 0.29) is 6.61 Å². The van der Waals surface area contributed by atoms with Crippen LogP contribution in [0.15, 0.2) is 0 Å². The first-order valence-electron chi connectivity index (χ1n) is 4.23. The molecule has 13 heavy (non-hydrogen) atoms. The SMILES string of the molecule is CCCN(CCO)c1nc(N)ns1. The second-order valence-corrected chi connectivity index (χ2v) is 3.38. The van der Waals surface area contributed by atoms with Crippen molar-refractivity contribution in [3.05, 3.63) is 0 Å². The third-order valence-electron chi connectivity index (χ3n) is 1.56. The van der Waals surface area contributed by atoms with Gasteiger partial charge in [-0.2, -0.15) is 9.36 Å². The predicted octanol–water partition coefficient (Wildman–Crippen LogP) is 0.329. The molecule has 0 atom stereocenters. The molecule has 74 valence electrons. The molecule has 0 fully saturated rings. The van der Waals surface area contributed by atoms with E-state index in [9.17, 15) is 0 Å². The van der Waals surface area contributed by atoms with E-state index in [4.69, 9.17) is 10.8 Å². The molecule has 6 heteroatoms. The molecular formula is C7H14N4OS. The molecule has 0 amide bonds. The van der Waals surface area contributed by atoms with Crippen molar-refractivity contribution in [1.82, 2.24) is 9.36 Å². The van der Waals surface area contributed by atoms with Crippen LogP contribution in [0.3, 0.4) is 0 Å². The van der Waals surface area contributed by atoms with Crippen LogP contribution in [0.4, 0.5) is 11.1 Å². The van der Waals surface area contributed by atoms with Gasteiger partial charge >= 0.3 is 0 Å². The van der Waals surface area contributed by atoms with Crippen LogP contribution in [0.1, 0.15) is 13.3 Å². The van der Waals surface area contributed by atoms with Crippen molar-refractivity contribution >= 4 is 22.6 Å². The number of nitrogens with two attached hydrogens (primary N) is 1. The Kier molecular flexibility index (Phi) is 3.91. The highest BCUT2D eigenvalue weighted by Gasteiger charge is 2.09. The molecule has 0 saturated heterocycles. The Labute approximate surface area is 81.4 Å². The van der Waals surface area contributed by atoms with Crippen LogP contribution in [0.5, 0.6) is 0 Å². The highest BCUT2D eigenvalue weighted by atomic mass is 32.1. The second-order valence-electron chi connectivity index (χ2n) is 2.65. The second kappa shape index (κ2) is 4.98. The maximum absolute atomic E-state index is 8.81. The zero-order chi connectivity index (χ0) is 9.68. The summed E-state index contributed by atoms with van der Waals surface area (Å²) >= 11 is 1.27. The minimum absolute atomic E-state index is 0.124. The van der Waals surface area contributed by atoms with Crippen LogP contribution in [0, 0.1) is 0 Å². The summed E-state index contributed by atoms with van der Waals surface area (Å²) in [6.45, 7) is 3.66. The molecule has 0 radical (unpaired) electrons. The number of nitrogens with zero attached hydrogens (tertiary/aromatic N) is 3. The summed E-state index contributed by atoms with van der Waals surface area (Å²) in [5.74, 6) is 0.305. The molecule has 0 bridgehead atoms. The molecule has 0 aliphatic rings. The third kappa shape index (κ3) is 2.82. The van der Waals surface area contributed by atoms with E-state index >= 15 is 0 Å². The lowest BCUT2D eigenvalue weighted by Gasteiger charge is -2.18. The lowest BCUT2D eigenvalue weighted by Crippen LogP contribution is -2.27. The highest BCUT2D eigenvalue weighted by Crippen LogP contribution is 2.17. The van der Waals surface area contributed by atoms with Crippen molar-refractivity contribution in [3.8, 4) is 0 Å². The fraction of sp³-hybridized carbons (Fsp3) is 0.714. The van der Waals surface area contributed by atoms with E-state index in [2.05, 4.69) is 16.3 Å². The van der Waals surface area contributed by atoms with E-state index in [0.29, 0.717) is 12.5 Å². The smallest absolute Gasteiger partial charge is 0.233 e. The number of hydrogen-bond donors (Lipinski definition) is 2. The van der Waals surface area contributed by atoms with Gasteiger partial charge in [-0.25, -0.2) is 0 Å². The van der Waals surface area contributed by atoms with Gasteiger partial charge in [-0.05, 0) is 6.42 Å². The number of rotatable bonds is 5. The molecule has 3 N–H and O–H groups in total. The number of nitrogen functional groups attached to an aromatic ring is 1. The first-order valence-corrected chi connectivity index (χ1v) is 5.00. The third-order valence-corrected chi connectivity index (χ3v) is 2.36. The first kappa shape index (κ1) is 10.2. The molecular weight excluding hydrogens is 188 g/mol. The van der Waals surface area contributed by atoms with Crippen molar-refractivity contribution in [2.24, 2.45) is 0 Å². The largest absolute Gasteiger partial charge is 0.395 e. The Bertz CT molecular complexity index is 246. The quantitative estimate of drug-likeness (QED) is 0.719. The highest BCUT2D eigenvalue weighted by molar-refractivity contribution is 7.09. The Morgan fingerprint density at radius 3 is 2.77 bits per heavy atom. The minimum Gasteiger partial charge on any atom is -0.395 e. The fourth-order valence-electron chi connectivity index (χ4n) is 1.05. The summed E-state index contributed by atoms with van der Waals surface area (Å²) in [4.78, 5) is 6.03. The van der Waals surface area contributed by atoms with Gasteiger partial charge < -0.3 is 15.7 Å². The average Bonchev–Trinajstić information content (AvgIpc) is 2.51. The Balaban J connectivity index is 2.63. The van der Waals surface area contributed by atoms with E-state index in [1.807, 2.05) is 4.90 Å². The Hall–Kier alpha value is -0.880. The molecule has 1 aromatic rings. The summed E-state index contributed by atoms with van der Waals surface area (Å²) in [5, 5.41) is 9.60. The van der Waals surface area contributed by atoms with Crippen molar-refractivity contribution in [3.63, 3.8) is 0 Å². The summed E-state index contributed by atoms with van der Waals surface area (Å²) in [6.07, 6.45) is 1.01. The summed E-state index contributed by atoms with van der Waals surface area (Å²) in [7, 11) is 0. The maximum Gasteiger partial charge on any atom is 0.233 e. The number of aromatic nitrogens is 2. The van der Waals surface area contributed by atoms with Crippen molar-refractivity contribution in [1.29, 1.82) is 0 Å². The van der Waals surface area contributed by atoms with E-state index in [0.717, 1.165) is 18.1 Å². The molecule has 0 unspecified atom stereocenters. The Morgan fingerprint density at radius 1 is 1.54 bits per heavy atom. The summed E-state index contributed by atoms with van der Waals surface area (Å²) in [6, 6.07) is 0. The normalized spacial score (nSPS) is 10.3. The van der Waals surface area contributed by atoms with Crippen LogP contribution in [0.25, 0.3) is 0 Å². The van der Waals surface area contributed by atoms with Gasteiger partial charge in [0.25, 0.3) is 0 Å². The van der Waals surface area contributed by atoms with Crippen molar-refractivity contribution in [2.75, 3.05) is 30.3 Å². The zero-order valence-corrected chi connectivity index (χ0v) is 8.42. The average molecular weight is 202 g/mol. The Morgan fingerprint density at radius 2 is 2.31 bits per heavy atom. The van der Waals surface area contributed by atoms with Gasteiger partial charge in [-0.3, -0.25) is 0 Å². The van der Waals surface area contributed by atoms with Crippen LogP contribution < -0.4 is 10.6 Å². The number of aliphatic hydroxyl groups is 1. The van der Waals surface area contributed by atoms with E-state index in [1.54, 1.807) is 0 Å². The van der Waals surface area contributed by atoms with Gasteiger partial charge in [0, 0.05) is 24.6 Å². The summed E-state index contributed by atoms with van der Waals surface area (Å²) < 4.78 is 3.89. The van der Waals surface area contributed by atoms with Crippen molar-refractivity contribution < 1.29 is 5.11 Å². The minimum atomic E-state index is 0.124. The molecule has 0 aromatic carbocycles. The maximum atomic E-state index is 8.81. The lowest BCUT2D eigenvalue weighted by atomic mass is 10.4. The lowest BCUT2D eigenvalue weighted by molar-refractivity contribution is 0.302. The molecule has 1 aromatic heterocycles. The van der Waals surface area contributed by atoms with Gasteiger partial charge in [0.2, 0.25) is 11.1 Å². The molecule has 0 aliphatic carbocycles. The van der Waals surface area contributed by atoms with E-state index < -0.39 is 0 Å². The van der Waals surface area contributed by atoms with Crippen LogP contribution in [-0.2, 0) is 0 Å². The van der Waals surface area contributed by atoms with Crippen LogP contribution in [-0.4, -0.2) is 34.2 Å². The molecule has 0 aliphatic heterocycles. The topological polar surface area (TPSA) is 75.3 Å². The van der Waals surface area contributed by atoms with Gasteiger partial charge in [-0.15, -0.1) is 0 Å². The standard InChI is InChI=1S/C7H14N4OS/c1-2-3-11(4-5-12)7-9-6(8)10-13-7/h12H,2-5H2,1H3,(H2,8,10). The fourth-order valence-corrected chi connectivity index (χ4v) is 1.70. The van der Waals surface area contributed by atoms with Gasteiger partial charge in [0.15, 0.2) is 0 Å². The van der Waals surface area contributed by atoms with Crippen LogP contribution in [0.2, 0.25) is 0 Å². The summed E-state index contributed by atoms with van der Waals surface area (Å²) in [5.41, 5.74) is 5.41. The monoisotopic (exact) mass is 202 g/mol. The number of aliphatic hydroxyl groups excluding tert-OH is 1. The molecule has 0 saturated carbocycles. The molecule has 1 heterocycles. The molecule has 1 rings (SSSR count). The predicted molar refractivity (Wildman–Crippen MR) is 53.9 cm³/mol. The number of anilines is 2. The first-order chi connectivity index (χ1) is 6.27. The van der Waals surface area contributed by atoms with Gasteiger partial charge in [0.05, 0.1) is 6.61 Å². The molecule has 0 spiro atoms. The van der Waals surface area contributed by atoms with Gasteiger partial charge in [0.1, 0.15) is 0 Å². The van der Waals surface area contributed by atoms with E-state index in [1.165, 1.54) is 11.5 Å². The zero-order valence-electron chi connectivity index (χ0n) is 7.60. The molecule has 5 nitrogen and oxygen atoms in total. The number of hydrogen-bond acceptors (Lipinski definition) is 6. The van der Waals surface area contributed by atoms with Crippen molar-refractivity contribution in [2.45, 2.75) is 13.3 Å². The van der Waals surface area contributed by atoms with Gasteiger partial charge in [-0.1, -0.05) is 6.92 Å².